The van der Waals surface area contributed by atoms with Gasteiger partial charge in [0.1, 0.15) is 6.61 Å². The molecule has 0 heterocycles. The van der Waals surface area contributed by atoms with Gasteiger partial charge in [0.15, 0.2) is 0 Å². The van der Waals surface area contributed by atoms with Crippen molar-refractivity contribution in [2.75, 3.05) is 39.5 Å². The number of nitrogens with one attached hydrogen (secondary N) is 1. The van der Waals surface area contributed by atoms with E-state index in [1.165, 1.54) is 0 Å². The Hall–Kier alpha value is -0.330. The van der Waals surface area contributed by atoms with Crippen molar-refractivity contribution >= 4 is 0 Å². The number of hydrogen-bond donors (Lipinski definition) is 1. The minimum atomic E-state index is -4.23. The third-order valence-electron chi connectivity index (χ3n) is 1.54. The van der Waals surface area contributed by atoms with E-state index in [4.69, 9.17) is 4.74 Å². The van der Waals surface area contributed by atoms with Crippen molar-refractivity contribution in [1.29, 1.82) is 0 Å². The largest absolute Gasteiger partial charge is 0.411 e. The Morgan fingerprint density at radius 3 is 2.40 bits per heavy atom. The monoisotopic (exact) mass is 229 g/mol. The maximum atomic E-state index is 11.6. The number of rotatable bonds is 9. The zero-order valence-corrected chi connectivity index (χ0v) is 8.90. The van der Waals surface area contributed by atoms with E-state index in [1.54, 1.807) is 0 Å². The summed E-state index contributed by atoms with van der Waals surface area (Å²) in [6, 6.07) is 0. The number of hydrogen-bond acceptors (Lipinski definition) is 3. The SMILES string of the molecule is CCOCCCNCCOCC(F)(F)F. The fourth-order valence-electron chi connectivity index (χ4n) is 0.901. The zero-order chi connectivity index (χ0) is 11.6. The Labute approximate surface area is 87.9 Å². The van der Waals surface area contributed by atoms with Gasteiger partial charge in [-0.2, -0.15) is 13.2 Å². The Morgan fingerprint density at radius 2 is 1.80 bits per heavy atom. The zero-order valence-electron chi connectivity index (χ0n) is 8.90. The molecule has 92 valence electrons. The van der Waals surface area contributed by atoms with Gasteiger partial charge in [0.2, 0.25) is 0 Å². The van der Waals surface area contributed by atoms with Gasteiger partial charge < -0.3 is 14.8 Å². The van der Waals surface area contributed by atoms with E-state index in [0.29, 0.717) is 19.8 Å². The van der Waals surface area contributed by atoms with Crippen LogP contribution in [0.4, 0.5) is 13.2 Å². The highest BCUT2D eigenvalue weighted by Crippen LogP contribution is 2.13. The molecule has 0 bridgehead atoms. The summed E-state index contributed by atoms with van der Waals surface area (Å²) in [5.41, 5.74) is 0. The van der Waals surface area contributed by atoms with Crippen LogP contribution in [-0.4, -0.2) is 45.7 Å². The van der Waals surface area contributed by atoms with Crippen LogP contribution >= 0.6 is 0 Å². The van der Waals surface area contributed by atoms with E-state index >= 15 is 0 Å². The van der Waals surface area contributed by atoms with E-state index in [1.807, 2.05) is 6.92 Å². The lowest BCUT2D eigenvalue weighted by molar-refractivity contribution is -0.173. The maximum absolute atomic E-state index is 11.6. The molecule has 0 aliphatic rings. The molecule has 0 radical (unpaired) electrons. The third-order valence-corrected chi connectivity index (χ3v) is 1.54. The van der Waals surface area contributed by atoms with Gasteiger partial charge in [-0.25, -0.2) is 0 Å². The summed E-state index contributed by atoms with van der Waals surface area (Å²) < 4.78 is 44.3. The maximum Gasteiger partial charge on any atom is 0.411 e. The first-order valence-corrected chi connectivity index (χ1v) is 4.99. The van der Waals surface area contributed by atoms with E-state index in [2.05, 4.69) is 10.1 Å². The van der Waals surface area contributed by atoms with Gasteiger partial charge in [0, 0.05) is 19.8 Å². The first-order valence-electron chi connectivity index (χ1n) is 4.99. The fraction of sp³-hybridized carbons (Fsp3) is 1.00. The highest BCUT2D eigenvalue weighted by Gasteiger charge is 2.26. The quantitative estimate of drug-likeness (QED) is 0.609. The molecule has 0 rings (SSSR count). The number of alkyl halides is 3. The van der Waals surface area contributed by atoms with Crippen molar-refractivity contribution in [1.82, 2.24) is 5.32 Å². The number of ether oxygens (including phenoxy) is 2. The lowest BCUT2D eigenvalue weighted by atomic mass is 10.4. The summed E-state index contributed by atoms with van der Waals surface area (Å²) in [6.07, 6.45) is -3.37. The summed E-state index contributed by atoms with van der Waals surface area (Å²) >= 11 is 0. The van der Waals surface area contributed by atoms with Crippen molar-refractivity contribution in [3.8, 4) is 0 Å². The molecule has 0 aromatic heterocycles. The minimum Gasteiger partial charge on any atom is -0.382 e. The standard InChI is InChI=1S/C9H18F3NO2/c1-2-14-6-3-4-13-5-7-15-8-9(10,11)12/h13H,2-8H2,1H3. The second-order valence-electron chi connectivity index (χ2n) is 2.97. The molecule has 0 atom stereocenters. The Morgan fingerprint density at radius 1 is 1.07 bits per heavy atom. The molecule has 0 fully saturated rings. The van der Waals surface area contributed by atoms with Crippen LogP contribution in [0.15, 0.2) is 0 Å². The molecule has 0 aromatic carbocycles. The summed E-state index contributed by atoms with van der Waals surface area (Å²) in [5, 5.41) is 2.96. The van der Waals surface area contributed by atoms with Crippen LogP contribution in [0.1, 0.15) is 13.3 Å². The highest BCUT2D eigenvalue weighted by molar-refractivity contribution is 4.49. The van der Waals surface area contributed by atoms with Crippen molar-refractivity contribution in [2.45, 2.75) is 19.5 Å². The molecule has 0 unspecified atom stereocenters. The molecule has 0 amide bonds. The van der Waals surface area contributed by atoms with E-state index in [0.717, 1.165) is 13.0 Å². The van der Waals surface area contributed by atoms with Crippen molar-refractivity contribution in [2.24, 2.45) is 0 Å². The topological polar surface area (TPSA) is 30.5 Å². The van der Waals surface area contributed by atoms with Crippen LogP contribution in [0.3, 0.4) is 0 Å². The smallest absolute Gasteiger partial charge is 0.382 e. The normalized spacial score (nSPS) is 12.0. The predicted octanol–water partition coefficient (Wildman–Crippen LogP) is 1.58. The molecular formula is C9H18F3NO2. The van der Waals surface area contributed by atoms with Crippen LogP contribution < -0.4 is 5.32 Å². The molecular weight excluding hydrogens is 211 g/mol. The highest BCUT2D eigenvalue weighted by atomic mass is 19.4. The molecule has 0 saturated carbocycles. The minimum absolute atomic E-state index is 0.0775. The average Bonchev–Trinajstić information content (AvgIpc) is 2.14. The first-order chi connectivity index (χ1) is 7.06. The van der Waals surface area contributed by atoms with E-state index < -0.39 is 12.8 Å². The Bertz CT molecular complexity index is 142. The van der Waals surface area contributed by atoms with Crippen LogP contribution in [0.2, 0.25) is 0 Å². The third kappa shape index (κ3) is 13.7. The Balaban J connectivity index is 2.99. The molecule has 0 saturated heterocycles. The van der Waals surface area contributed by atoms with Crippen molar-refractivity contribution < 1.29 is 22.6 Å². The Kier molecular flexibility index (Phi) is 8.74. The van der Waals surface area contributed by atoms with Crippen molar-refractivity contribution in [3.05, 3.63) is 0 Å². The molecule has 0 aromatic rings. The summed E-state index contributed by atoms with van der Waals surface area (Å²) in [7, 11) is 0. The molecule has 3 nitrogen and oxygen atoms in total. The first kappa shape index (κ1) is 14.7. The molecule has 0 spiro atoms. The molecule has 1 N–H and O–H groups in total. The molecule has 0 aliphatic heterocycles. The average molecular weight is 229 g/mol. The second-order valence-corrected chi connectivity index (χ2v) is 2.97. The number of halogens is 3. The van der Waals surface area contributed by atoms with E-state index in [-0.39, 0.29) is 6.61 Å². The van der Waals surface area contributed by atoms with Crippen LogP contribution in [0.5, 0.6) is 0 Å². The summed E-state index contributed by atoms with van der Waals surface area (Å²) in [4.78, 5) is 0. The second kappa shape index (κ2) is 8.94. The summed E-state index contributed by atoms with van der Waals surface area (Å²) in [5.74, 6) is 0. The van der Waals surface area contributed by atoms with Crippen molar-refractivity contribution in [3.63, 3.8) is 0 Å². The fourth-order valence-corrected chi connectivity index (χ4v) is 0.901. The molecule has 15 heavy (non-hydrogen) atoms. The molecule has 6 heteroatoms. The predicted molar refractivity (Wildman–Crippen MR) is 50.9 cm³/mol. The lowest BCUT2D eigenvalue weighted by Crippen LogP contribution is -2.25. The van der Waals surface area contributed by atoms with Crippen LogP contribution in [0, 0.1) is 0 Å². The van der Waals surface area contributed by atoms with E-state index in [9.17, 15) is 13.2 Å². The van der Waals surface area contributed by atoms with Gasteiger partial charge in [-0.15, -0.1) is 0 Å². The lowest BCUT2D eigenvalue weighted by Gasteiger charge is -2.08. The van der Waals surface area contributed by atoms with Gasteiger partial charge in [-0.3, -0.25) is 0 Å². The van der Waals surface area contributed by atoms with Gasteiger partial charge >= 0.3 is 6.18 Å². The molecule has 0 aliphatic carbocycles. The van der Waals surface area contributed by atoms with Gasteiger partial charge in [0.25, 0.3) is 0 Å². The van der Waals surface area contributed by atoms with Crippen LogP contribution in [-0.2, 0) is 9.47 Å². The summed E-state index contributed by atoms with van der Waals surface area (Å²) in [6.45, 7) is 3.35. The van der Waals surface area contributed by atoms with Crippen LogP contribution in [0.25, 0.3) is 0 Å². The van der Waals surface area contributed by atoms with Gasteiger partial charge in [0.05, 0.1) is 6.61 Å². The van der Waals surface area contributed by atoms with Gasteiger partial charge in [-0.1, -0.05) is 0 Å². The van der Waals surface area contributed by atoms with Gasteiger partial charge in [-0.05, 0) is 19.9 Å².